The number of carbonyl (C=O) groups excluding carboxylic acids is 1. The lowest BCUT2D eigenvalue weighted by molar-refractivity contribution is -0.122. The molecule has 0 spiro atoms. The van der Waals surface area contributed by atoms with Crippen molar-refractivity contribution < 1.29 is 9.53 Å². The van der Waals surface area contributed by atoms with Gasteiger partial charge >= 0.3 is 0 Å². The minimum atomic E-state index is -0.117. The summed E-state index contributed by atoms with van der Waals surface area (Å²) in [4.78, 5) is 15.2. The molecule has 2 rings (SSSR count). The molecule has 0 aromatic heterocycles. The summed E-state index contributed by atoms with van der Waals surface area (Å²) in [5, 5.41) is 3.20. The van der Waals surface area contributed by atoms with Crippen LogP contribution in [0.1, 0.15) is 50.3 Å². The van der Waals surface area contributed by atoms with Crippen LogP contribution in [0.15, 0.2) is 54.6 Å². The first kappa shape index (κ1) is 21.0. The van der Waals surface area contributed by atoms with E-state index in [1.165, 1.54) is 0 Å². The SMILES string of the molecule is CC[C@@H](C(=O)NC[C@@H](c1cccc(OC)c1)N(CC)CC)c1ccccc1. The highest BCUT2D eigenvalue weighted by molar-refractivity contribution is 5.83. The van der Waals surface area contributed by atoms with Crippen LogP contribution in [0.5, 0.6) is 5.75 Å². The van der Waals surface area contributed by atoms with Crippen LogP contribution >= 0.6 is 0 Å². The van der Waals surface area contributed by atoms with Gasteiger partial charge in [-0.05, 0) is 42.8 Å². The van der Waals surface area contributed by atoms with Crippen LogP contribution in [-0.4, -0.2) is 37.6 Å². The van der Waals surface area contributed by atoms with E-state index in [-0.39, 0.29) is 17.9 Å². The van der Waals surface area contributed by atoms with Crippen molar-refractivity contribution in [3.8, 4) is 5.75 Å². The van der Waals surface area contributed by atoms with E-state index in [9.17, 15) is 4.79 Å². The van der Waals surface area contributed by atoms with Gasteiger partial charge in [0.1, 0.15) is 5.75 Å². The van der Waals surface area contributed by atoms with Gasteiger partial charge in [0.25, 0.3) is 0 Å². The van der Waals surface area contributed by atoms with Crippen LogP contribution in [0.2, 0.25) is 0 Å². The molecule has 0 aliphatic heterocycles. The van der Waals surface area contributed by atoms with Crippen LogP contribution in [0.4, 0.5) is 0 Å². The molecule has 4 nitrogen and oxygen atoms in total. The third-order valence-corrected chi connectivity index (χ3v) is 5.13. The summed E-state index contributed by atoms with van der Waals surface area (Å²) in [6.07, 6.45) is 0.783. The summed E-state index contributed by atoms with van der Waals surface area (Å²) >= 11 is 0. The maximum Gasteiger partial charge on any atom is 0.227 e. The van der Waals surface area contributed by atoms with Gasteiger partial charge in [0, 0.05) is 6.54 Å². The topological polar surface area (TPSA) is 41.6 Å². The molecule has 0 radical (unpaired) electrons. The van der Waals surface area contributed by atoms with E-state index >= 15 is 0 Å². The van der Waals surface area contributed by atoms with E-state index < -0.39 is 0 Å². The first-order valence-electron chi connectivity index (χ1n) is 9.85. The molecule has 2 aromatic rings. The molecule has 1 N–H and O–H groups in total. The van der Waals surface area contributed by atoms with Crippen molar-refractivity contribution >= 4 is 5.91 Å². The van der Waals surface area contributed by atoms with Crippen molar-refractivity contribution in [1.82, 2.24) is 10.2 Å². The number of hydrogen-bond acceptors (Lipinski definition) is 3. The highest BCUT2D eigenvalue weighted by atomic mass is 16.5. The number of likely N-dealkylation sites (N-methyl/N-ethyl adjacent to an activating group) is 1. The van der Waals surface area contributed by atoms with Gasteiger partial charge in [0.2, 0.25) is 5.91 Å². The first-order valence-corrected chi connectivity index (χ1v) is 9.85. The van der Waals surface area contributed by atoms with Gasteiger partial charge in [-0.3, -0.25) is 9.69 Å². The fraction of sp³-hybridized carbons (Fsp3) is 0.435. The molecule has 0 aliphatic rings. The van der Waals surface area contributed by atoms with Crippen molar-refractivity contribution in [3.63, 3.8) is 0 Å². The Hall–Kier alpha value is -2.33. The Kier molecular flexibility index (Phi) is 8.34. The van der Waals surface area contributed by atoms with Crippen molar-refractivity contribution in [2.45, 2.75) is 39.2 Å². The lowest BCUT2D eigenvalue weighted by Crippen LogP contribution is -2.39. The Labute approximate surface area is 163 Å². The standard InChI is InChI=1S/C23H32N2O2/c1-5-21(18-12-9-8-10-13-18)23(26)24-17-22(25(6-2)7-3)19-14-11-15-20(16-19)27-4/h8-16,21-22H,5-7,17H2,1-4H3,(H,24,26)/t21-,22+/m1/s1. The second kappa shape index (κ2) is 10.7. The summed E-state index contributed by atoms with van der Waals surface area (Å²) in [6, 6.07) is 18.2. The Morgan fingerprint density at radius 1 is 1.00 bits per heavy atom. The third-order valence-electron chi connectivity index (χ3n) is 5.13. The van der Waals surface area contributed by atoms with Gasteiger partial charge in [0.05, 0.1) is 19.1 Å². The van der Waals surface area contributed by atoms with E-state index in [1.807, 2.05) is 42.5 Å². The number of methoxy groups -OCH3 is 1. The molecule has 0 unspecified atom stereocenters. The average Bonchev–Trinajstić information content (AvgIpc) is 2.72. The van der Waals surface area contributed by atoms with E-state index in [4.69, 9.17) is 4.74 Å². The molecule has 0 aliphatic carbocycles. The zero-order chi connectivity index (χ0) is 19.6. The molecule has 2 atom stereocenters. The first-order chi connectivity index (χ1) is 13.1. The number of amides is 1. The maximum atomic E-state index is 12.9. The highest BCUT2D eigenvalue weighted by Gasteiger charge is 2.23. The molecular weight excluding hydrogens is 336 g/mol. The van der Waals surface area contributed by atoms with Gasteiger partial charge in [-0.15, -0.1) is 0 Å². The fourth-order valence-electron chi connectivity index (χ4n) is 3.55. The number of nitrogens with zero attached hydrogens (tertiary/aromatic N) is 1. The van der Waals surface area contributed by atoms with Crippen molar-refractivity contribution in [2.24, 2.45) is 0 Å². The maximum absolute atomic E-state index is 12.9. The number of hydrogen-bond donors (Lipinski definition) is 1. The lowest BCUT2D eigenvalue weighted by Gasteiger charge is -2.31. The van der Waals surface area contributed by atoms with Gasteiger partial charge in [-0.2, -0.15) is 0 Å². The number of benzene rings is 2. The number of carbonyl (C=O) groups is 1. The summed E-state index contributed by atoms with van der Waals surface area (Å²) in [6.45, 7) is 8.78. The van der Waals surface area contributed by atoms with Gasteiger partial charge in [-0.25, -0.2) is 0 Å². The quantitative estimate of drug-likeness (QED) is 0.676. The van der Waals surface area contributed by atoms with Crippen molar-refractivity contribution in [2.75, 3.05) is 26.7 Å². The average molecular weight is 369 g/mol. The molecule has 4 heteroatoms. The second-order valence-electron chi connectivity index (χ2n) is 6.63. The van der Waals surface area contributed by atoms with E-state index in [0.29, 0.717) is 6.54 Å². The Morgan fingerprint density at radius 3 is 2.26 bits per heavy atom. The number of rotatable bonds is 10. The van der Waals surface area contributed by atoms with E-state index in [0.717, 1.165) is 36.4 Å². The molecule has 2 aromatic carbocycles. The number of nitrogens with one attached hydrogen (secondary N) is 1. The van der Waals surface area contributed by atoms with Crippen molar-refractivity contribution in [3.05, 3.63) is 65.7 Å². The molecule has 0 saturated heterocycles. The third kappa shape index (κ3) is 5.57. The van der Waals surface area contributed by atoms with Crippen LogP contribution in [-0.2, 0) is 4.79 Å². The molecule has 27 heavy (non-hydrogen) atoms. The minimum Gasteiger partial charge on any atom is -0.497 e. The smallest absolute Gasteiger partial charge is 0.227 e. The zero-order valence-corrected chi connectivity index (χ0v) is 16.9. The number of ether oxygens (including phenoxy) is 1. The van der Waals surface area contributed by atoms with E-state index in [2.05, 4.69) is 43.1 Å². The molecule has 1 amide bonds. The second-order valence-corrected chi connectivity index (χ2v) is 6.63. The Bertz CT molecular complexity index is 699. The molecule has 0 saturated carbocycles. The van der Waals surface area contributed by atoms with Crippen LogP contribution < -0.4 is 10.1 Å². The molecular formula is C23H32N2O2. The Balaban J connectivity index is 2.16. The highest BCUT2D eigenvalue weighted by Crippen LogP contribution is 2.25. The lowest BCUT2D eigenvalue weighted by atomic mass is 9.95. The van der Waals surface area contributed by atoms with Crippen LogP contribution in [0.25, 0.3) is 0 Å². The molecule has 0 heterocycles. The van der Waals surface area contributed by atoms with Gasteiger partial charge in [-0.1, -0.05) is 63.2 Å². The molecule has 0 fully saturated rings. The summed E-state index contributed by atoms with van der Waals surface area (Å²) < 4.78 is 5.39. The van der Waals surface area contributed by atoms with E-state index in [1.54, 1.807) is 7.11 Å². The largest absolute Gasteiger partial charge is 0.497 e. The monoisotopic (exact) mass is 368 g/mol. The molecule has 146 valence electrons. The van der Waals surface area contributed by atoms with Gasteiger partial charge in [0.15, 0.2) is 0 Å². The van der Waals surface area contributed by atoms with Crippen LogP contribution in [0, 0.1) is 0 Å². The van der Waals surface area contributed by atoms with Crippen LogP contribution in [0.3, 0.4) is 0 Å². The Morgan fingerprint density at radius 2 is 1.67 bits per heavy atom. The van der Waals surface area contributed by atoms with Gasteiger partial charge < -0.3 is 10.1 Å². The summed E-state index contributed by atoms with van der Waals surface area (Å²) in [5.74, 6) is 0.810. The normalized spacial score (nSPS) is 13.2. The predicted molar refractivity (Wildman–Crippen MR) is 111 cm³/mol. The predicted octanol–water partition coefficient (Wildman–Crippen LogP) is 4.39. The van der Waals surface area contributed by atoms with Crippen molar-refractivity contribution in [1.29, 1.82) is 0 Å². The molecule has 0 bridgehead atoms. The minimum absolute atomic E-state index is 0.0868. The fourth-order valence-corrected chi connectivity index (χ4v) is 3.55. The zero-order valence-electron chi connectivity index (χ0n) is 16.9. The summed E-state index contributed by atoms with van der Waals surface area (Å²) in [5.41, 5.74) is 2.23. The summed E-state index contributed by atoms with van der Waals surface area (Å²) in [7, 11) is 1.68.